The number of urea groups is 1. The third-order valence-electron chi connectivity index (χ3n) is 5.92. The number of carbonyl (C=O) groups excluding carboxylic acids is 3. The highest BCUT2D eigenvalue weighted by Crippen LogP contribution is 2.31. The fraction of sp³-hybridized carbons (Fsp3) is 0.143. The van der Waals surface area contributed by atoms with Crippen LogP contribution in [0.25, 0.3) is 22.6 Å². The Morgan fingerprint density at radius 3 is 2.03 bits per heavy atom. The Morgan fingerprint density at radius 1 is 0.789 bits per heavy atom. The van der Waals surface area contributed by atoms with Crippen molar-refractivity contribution in [3.63, 3.8) is 0 Å². The summed E-state index contributed by atoms with van der Waals surface area (Å²) in [7, 11) is 1.43. The van der Waals surface area contributed by atoms with Crippen molar-refractivity contribution in [1.29, 1.82) is 0 Å². The van der Waals surface area contributed by atoms with Crippen LogP contribution >= 0.6 is 0 Å². The van der Waals surface area contributed by atoms with Crippen LogP contribution in [0.15, 0.2) is 89.5 Å². The Kier molecular flexibility index (Phi) is 6.88. The number of nitrogens with one attached hydrogen (secondary N) is 2. The minimum atomic E-state index is -1.94. The van der Waals surface area contributed by atoms with Crippen LogP contribution < -0.4 is 20.1 Å². The molecule has 0 bridgehead atoms. The summed E-state index contributed by atoms with van der Waals surface area (Å²) in [6.45, 7) is 0.0633. The average Bonchev–Trinajstić information content (AvgIpc) is 3.42. The van der Waals surface area contributed by atoms with Crippen LogP contribution in [0.4, 0.5) is 4.79 Å². The highest BCUT2D eigenvalue weighted by molar-refractivity contribution is 6.21. The van der Waals surface area contributed by atoms with Crippen molar-refractivity contribution in [1.82, 2.24) is 15.8 Å². The number of aromatic nitrogens is 1. The molecule has 1 aromatic heterocycles. The van der Waals surface area contributed by atoms with Crippen LogP contribution in [0.1, 0.15) is 6.42 Å². The highest BCUT2D eigenvalue weighted by atomic mass is 16.5. The molecule has 0 radical (unpaired) electrons. The first kappa shape index (κ1) is 24.7. The average molecular weight is 514 g/mol. The normalized spacial score (nSPS) is 14.5. The van der Waals surface area contributed by atoms with Crippen LogP contribution in [0, 0.1) is 0 Å². The Morgan fingerprint density at radius 2 is 1.39 bits per heavy atom. The van der Waals surface area contributed by atoms with Crippen LogP contribution in [-0.4, -0.2) is 42.3 Å². The molecular weight excluding hydrogens is 490 g/mol. The van der Waals surface area contributed by atoms with Gasteiger partial charge in [0.15, 0.2) is 5.76 Å². The maximum Gasteiger partial charge on any atom is 0.328 e. The van der Waals surface area contributed by atoms with Gasteiger partial charge in [-0.1, -0.05) is 35.5 Å². The van der Waals surface area contributed by atoms with E-state index in [-0.39, 0.29) is 18.8 Å². The molecular formula is C28H23N3O7. The van der Waals surface area contributed by atoms with Crippen molar-refractivity contribution in [2.45, 2.75) is 12.0 Å². The molecule has 0 unspecified atom stereocenters. The van der Waals surface area contributed by atoms with Gasteiger partial charge in [-0.15, -0.1) is 0 Å². The van der Waals surface area contributed by atoms with E-state index in [4.69, 9.17) is 18.7 Å². The summed E-state index contributed by atoms with van der Waals surface area (Å²) in [4.78, 5) is 36.6. The van der Waals surface area contributed by atoms with Gasteiger partial charge in [0.05, 0.1) is 6.61 Å². The van der Waals surface area contributed by atoms with E-state index in [0.29, 0.717) is 17.3 Å². The van der Waals surface area contributed by atoms with Crippen LogP contribution in [0.5, 0.6) is 17.2 Å². The SMILES string of the molecule is COCCC1(Oc2ccc(Oc3ccc(-c4cc(-c5ccccc5)no4)cc3)cc2)C(=O)NC(=O)NC1=O. The standard InChI is InChI=1S/C28H23N3O7/c1-35-16-15-28(25(32)29-27(34)30-26(28)33)37-22-13-11-21(12-14-22)36-20-9-7-19(8-10-20)24-17-23(31-38-24)18-5-3-2-4-6-18/h2-14,17H,15-16H2,1H3,(H2,29,30,32,33,34). The number of hydrogen-bond acceptors (Lipinski definition) is 8. The number of rotatable bonds is 9. The molecule has 0 atom stereocenters. The molecule has 3 aromatic carbocycles. The summed E-state index contributed by atoms with van der Waals surface area (Å²) < 4.78 is 22.2. The van der Waals surface area contributed by atoms with Crippen LogP contribution in [0.2, 0.25) is 0 Å². The first-order valence-electron chi connectivity index (χ1n) is 11.7. The van der Waals surface area contributed by atoms with E-state index in [2.05, 4.69) is 15.8 Å². The molecule has 1 aliphatic rings. The Bertz CT molecular complexity index is 1430. The van der Waals surface area contributed by atoms with Gasteiger partial charge in [-0.05, 0) is 48.5 Å². The van der Waals surface area contributed by atoms with Crippen molar-refractivity contribution in [3.8, 4) is 39.8 Å². The molecule has 0 saturated carbocycles. The number of carbonyl (C=O) groups is 3. The Balaban J connectivity index is 1.26. The van der Waals surface area contributed by atoms with Gasteiger partial charge in [0, 0.05) is 30.7 Å². The second-order valence-corrected chi connectivity index (χ2v) is 8.45. The van der Waals surface area contributed by atoms with E-state index >= 15 is 0 Å². The third-order valence-corrected chi connectivity index (χ3v) is 5.92. The maximum absolute atomic E-state index is 12.6. The predicted molar refractivity (Wildman–Crippen MR) is 135 cm³/mol. The molecule has 2 N–H and O–H groups in total. The van der Waals surface area contributed by atoms with E-state index in [9.17, 15) is 14.4 Å². The molecule has 4 aromatic rings. The second kappa shape index (κ2) is 10.6. The molecule has 4 amide bonds. The van der Waals surface area contributed by atoms with Crippen molar-refractivity contribution >= 4 is 17.8 Å². The maximum atomic E-state index is 12.6. The quantitative estimate of drug-likeness (QED) is 0.317. The minimum Gasteiger partial charge on any atom is -0.467 e. The summed E-state index contributed by atoms with van der Waals surface area (Å²) in [6.07, 6.45) is -0.0862. The number of hydrogen-bond donors (Lipinski definition) is 2. The summed E-state index contributed by atoms with van der Waals surface area (Å²) in [5, 5.41) is 8.29. The number of nitrogens with zero attached hydrogens (tertiary/aromatic N) is 1. The number of barbiturate groups is 1. The summed E-state index contributed by atoms with van der Waals surface area (Å²) >= 11 is 0. The molecule has 0 aliphatic carbocycles. The number of imide groups is 2. The van der Waals surface area contributed by atoms with E-state index in [1.807, 2.05) is 48.5 Å². The molecule has 1 aliphatic heterocycles. The van der Waals surface area contributed by atoms with Gasteiger partial charge in [-0.3, -0.25) is 20.2 Å². The molecule has 10 nitrogen and oxygen atoms in total. The number of ether oxygens (including phenoxy) is 3. The lowest BCUT2D eigenvalue weighted by Crippen LogP contribution is -2.69. The van der Waals surface area contributed by atoms with Crippen LogP contribution in [0.3, 0.4) is 0 Å². The monoisotopic (exact) mass is 513 g/mol. The largest absolute Gasteiger partial charge is 0.467 e. The zero-order chi connectivity index (χ0) is 26.5. The Labute approximate surface area is 217 Å². The zero-order valence-electron chi connectivity index (χ0n) is 20.3. The predicted octanol–water partition coefficient (Wildman–Crippen LogP) is 4.32. The number of methoxy groups -OCH3 is 1. The summed E-state index contributed by atoms with van der Waals surface area (Å²) in [5.41, 5.74) is 0.628. The lowest BCUT2D eigenvalue weighted by atomic mass is 9.95. The van der Waals surface area contributed by atoms with E-state index in [1.54, 1.807) is 36.4 Å². The van der Waals surface area contributed by atoms with Gasteiger partial charge in [0.2, 0.25) is 0 Å². The van der Waals surface area contributed by atoms with Gasteiger partial charge in [0.1, 0.15) is 22.9 Å². The number of amides is 4. The van der Waals surface area contributed by atoms with Crippen molar-refractivity contribution in [2.75, 3.05) is 13.7 Å². The van der Waals surface area contributed by atoms with Gasteiger partial charge in [-0.25, -0.2) is 4.79 Å². The topological polar surface area (TPSA) is 129 Å². The van der Waals surface area contributed by atoms with Crippen molar-refractivity contribution in [3.05, 3.63) is 84.9 Å². The van der Waals surface area contributed by atoms with Gasteiger partial charge in [0.25, 0.3) is 17.4 Å². The van der Waals surface area contributed by atoms with Gasteiger partial charge in [-0.2, -0.15) is 0 Å². The molecule has 0 spiro atoms. The first-order valence-corrected chi connectivity index (χ1v) is 11.7. The molecule has 192 valence electrons. The molecule has 38 heavy (non-hydrogen) atoms. The first-order chi connectivity index (χ1) is 18.5. The Hall–Kier alpha value is -4.96. The molecule has 2 heterocycles. The molecule has 1 fully saturated rings. The van der Waals surface area contributed by atoms with E-state index < -0.39 is 23.4 Å². The highest BCUT2D eigenvalue weighted by Gasteiger charge is 2.52. The lowest BCUT2D eigenvalue weighted by Gasteiger charge is -2.34. The van der Waals surface area contributed by atoms with Crippen molar-refractivity contribution in [2.24, 2.45) is 0 Å². The van der Waals surface area contributed by atoms with Crippen molar-refractivity contribution < 1.29 is 33.1 Å². The summed E-state index contributed by atoms with van der Waals surface area (Å²) in [6, 6.07) is 24.5. The van der Waals surface area contributed by atoms with Gasteiger partial charge < -0.3 is 18.7 Å². The fourth-order valence-corrected chi connectivity index (χ4v) is 3.92. The van der Waals surface area contributed by atoms with E-state index in [0.717, 1.165) is 16.8 Å². The lowest BCUT2D eigenvalue weighted by molar-refractivity contribution is -0.153. The molecule has 5 rings (SSSR count). The molecule has 10 heteroatoms. The van der Waals surface area contributed by atoms with Crippen LogP contribution in [-0.2, 0) is 14.3 Å². The summed E-state index contributed by atoms with van der Waals surface area (Å²) in [5.74, 6) is 0.263. The zero-order valence-corrected chi connectivity index (χ0v) is 20.3. The van der Waals surface area contributed by atoms with Gasteiger partial charge >= 0.3 is 6.03 Å². The number of benzene rings is 3. The fourth-order valence-electron chi connectivity index (χ4n) is 3.92. The second-order valence-electron chi connectivity index (χ2n) is 8.45. The smallest absolute Gasteiger partial charge is 0.328 e. The minimum absolute atomic E-state index is 0.0633. The van der Waals surface area contributed by atoms with E-state index in [1.165, 1.54) is 7.11 Å². The third kappa shape index (κ3) is 5.11. The molecule has 1 saturated heterocycles.